The normalized spacial score (nSPS) is 20.2. The first-order valence-corrected chi connectivity index (χ1v) is 9.07. The lowest BCUT2D eigenvalue weighted by molar-refractivity contribution is -0.137. The van der Waals surface area contributed by atoms with Gasteiger partial charge in [-0.15, -0.1) is 11.3 Å². The highest BCUT2D eigenvalue weighted by molar-refractivity contribution is 8.26. The van der Waals surface area contributed by atoms with Gasteiger partial charge in [0.15, 0.2) is 0 Å². The van der Waals surface area contributed by atoms with Crippen LogP contribution in [0.3, 0.4) is 0 Å². The summed E-state index contributed by atoms with van der Waals surface area (Å²) in [6.07, 6.45) is 4.63. The molecule has 116 valence electrons. The fourth-order valence-electron chi connectivity index (χ4n) is 2.10. The fourth-order valence-corrected chi connectivity index (χ4v) is 4.34. The topological polar surface area (TPSA) is 70.5 Å². The molecule has 0 unspecified atom stereocenters. The second-order valence-electron chi connectivity index (χ2n) is 5.22. The van der Waals surface area contributed by atoms with Crippen molar-refractivity contribution in [2.75, 3.05) is 6.54 Å². The van der Waals surface area contributed by atoms with Gasteiger partial charge in [0, 0.05) is 24.3 Å². The van der Waals surface area contributed by atoms with Crippen LogP contribution in [0.2, 0.25) is 0 Å². The smallest absolute Gasteiger partial charge is 0.303 e. The van der Waals surface area contributed by atoms with E-state index in [1.54, 1.807) is 17.4 Å². The molecule has 3 rings (SSSR count). The largest absolute Gasteiger partial charge is 0.481 e. The van der Waals surface area contributed by atoms with Crippen molar-refractivity contribution >= 4 is 57.6 Å². The van der Waals surface area contributed by atoms with E-state index in [0.29, 0.717) is 28.1 Å². The van der Waals surface area contributed by atoms with Crippen LogP contribution in [0.1, 0.15) is 42.3 Å². The average Bonchev–Trinajstić information content (AvgIpc) is 3.16. The maximum absolute atomic E-state index is 12.3. The highest BCUT2D eigenvalue weighted by Crippen LogP contribution is 2.42. The number of carbonyl (C=O) groups excluding carboxylic acids is 1. The number of rotatable bonds is 6. The molecule has 1 aliphatic carbocycles. The third-order valence-corrected chi connectivity index (χ3v) is 5.79. The van der Waals surface area contributed by atoms with E-state index >= 15 is 0 Å². The molecule has 2 aliphatic rings. The number of hydrogen-bond acceptors (Lipinski definition) is 6. The van der Waals surface area contributed by atoms with Gasteiger partial charge >= 0.3 is 5.97 Å². The molecule has 1 aromatic heterocycles. The second-order valence-corrected chi connectivity index (χ2v) is 7.78. The predicted octanol–water partition coefficient (Wildman–Crippen LogP) is 3.09. The third-order valence-electron chi connectivity index (χ3n) is 3.39. The van der Waals surface area contributed by atoms with Gasteiger partial charge in [-0.05, 0) is 25.3 Å². The average molecular weight is 354 g/mol. The number of thioether (sulfide) groups is 1. The molecule has 1 saturated heterocycles. The minimum absolute atomic E-state index is 0.0347. The molecule has 5 nitrogen and oxygen atoms in total. The van der Waals surface area contributed by atoms with E-state index in [0.717, 1.165) is 10.7 Å². The van der Waals surface area contributed by atoms with E-state index in [-0.39, 0.29) is 12.3 Å². The van der Waals surface area contributed by atoms with Crippen molar-refractivity contribution in [1.29, 1.82) is 0 Å². The van der Waals surface area contributed by atoms with Crippen molar-refractivity contribution in [3.8, 4) is 0 Å². The van der Waals surface area contributed by atoms with E-state index in [1.165, 1.54) is 29.5 Å². The molecule has 0 spiro atoms. The molecule has 1 aromatic rings. The van der Waals surface area contributed by atoms with Crippen LogP contribution in [0.5, 0.6) is 0 Å². The van der Waals surface area contributed by atoms with Crippen molar-refractivity contribution < 1.29 is 14.7 Å². The van der Waals surface area contributed by atoms with Gasteiger partial charge in [0.25, 0.3) is 5.91 Å². The van der Waals surface area contributed by atoms with Crippen molar-refractivity contribution in [2.24, 2.45) is 0 Å². The monoisotopic (exact) mass is 354 g/mol. The van der Waals surface area contributed by atoms with Crippen LogP contribution in [0, 0.1) is 0 Å². The van der Waals surface area contributed by atoms with Crippen LogP contribution < -0.4 is 0 Å². The Labute approximate surface area is 141 Å². The molecule has 1 N–H and O–H groups in total. The highest BCUT2D eigenvalue weighted by Gasteiger charge is 2.32. The van der Waals surface area contributed by atoms with Gasteiger partial charge in [0.1, 0.15) is 4.32 Å². The van der Waals surface area contributed by atoms with Crippen LogP contribution >= 0.6 is 35.3 Å². The minimum Gasteiger partial charge on any atom is -0.481 e. The van der Waals surface area contributed by atoms with Gasteiger partial charge in [0.05, 0.1) is 15.6 Å². The molecule has 0 bridgehead atoms. The predicted molar refractivity (Wildman–Crippen MR) is 90.8 cm³/mol. The van der Waals surface area contributed by atoms with Gasteiger partial charge in [0.2, 0.25) is 0 Å². The second kappa shape index (κ2) is 6.47. The standard InChI is InChI=1S/C14H14N2O3S3/c17-11(18)2-1-5-16-13(19)10(22-14(16)20)6-9-7-21-12(15-9)8-3-4-8/h6-8H,1-5H2,(H,17,18). The number of thiocarbonyl (C=S) groups is 1. The number of aliphatic carboxylic acids is 1. The van der Waals surface area contributed by atoms with Gasteiger partial charge in [-0.2, -0.15) is 0 Å². The van der Waals surface area contributed by atoms with Gasteiger partial charge in [-0.25, -0.2) is 4.98 Å². The number of amides is 1. The van der Waals surface area contributed by atoms with Crippen LogP contribution in [-0.4, -0.2) is 37.7 Å². The van der Waals surface area contributed by atoms with Crippen molar-refractivity contribution in [2.45, 2.75) is 31.6 Å². The molecule has 1 aliphatic heterocycles. The first kappa shape index (κ1) is 15.6. The number of aromatic nitrogens is 1. The minimum atomic E-state index is -0.865. The van der Waals surface area contributed by atoms with E-state index in [1.807, 2.05) is 5.38 Å². The summed E-state index contributed by atoms with van der Waals surface area (Å²) >= 11 is 8.10. The molecular formula is C14H14N2O3S3. The maximum Gasteiger partial charge on any atom is 0.303 e. The Bertz CT molecular complexity index is 664. The fraction of sp³-hybridized carbons (Fsp3) is 0.429. The first-order chi connectivity index (χ1) is 10.5. The van der Waals surface area contributed by atoms with Crippen molar-refractivity contribution in [3.05, 3.63) is 21.0 Å². The van der Waals surface area contributed by atoms with E-state index < -0.39 is 5.97 Å². The van der Waals surface area contributed by atoms with E-state index in [9.17, 15) is 9.59 Å². The molecule has 2 fully saturated rings. The number of nitrogens with zero attached hydrogens (tertiary/aromatic N) is 2. The Balaban J connectivity index is 1.66. The molecule has 22 heavy (non-hydrogen) atoms. The SMILES string of the molecule is O=C(O)CCCN1C(=O)C(=Cc2csc(C3CC3)n2)SC1=S. The van der Waals surface area contributed by atoms with E-state index in [4.69, 9.17) is 17.3 Å². The Morgan fingerprint density at radius 3 is 3.00 bits per heavy atom. The van der Waals surface area contributed by atoms with Crippen molar-refractivity contribution in [3.63, 3.8) is 0 Å². The molecule has 2 heterocycles. The first-order valence-electron chi connectivity index (χ1n) is 6.97. The number of carboxylic acids is 1. The molecule has 8 heteroatoms. The Hall–Kier alpha value is -1.25. The Morgan fingerprint density at radius 2 is 2.32 bits per heavy atom. The molecule has 0 aromatic carbocycles. The Kier molecular flexibility index (Phi) is 4.60. The summed E-state index contributed by atoms with van der Waals surface area (Å²) in [5.74, 6) is -0.407. The lowest BCUT2D eigenvalue weighted by atomic mass is 10.3. The number of thiazole rings is 1. The van der Waals surface area contributed by atoms with Gasteiger partial charge in [-0.1, -0.05) is 24.0 Å². The summed E-state index contributed by atoms with van der Waals surface area (Å²) in [6.45, 7) is 0.346. The van der Waals surface area contributed by atoms with Crippen LogP contribution in [0.25, 0.3) is 6.08 Å². The number of hydrogen-bond donors (Lipinski definition) is 1. The molecule has 0 atom stereocenters. The summed E-state index contributed by atoms with van der Waals surface area (Å²) in [4.78, 5) is 29.5. The summed E-state index contributed by atoms with van der Waals surface area (Å²) < 4.78 is 0.485. The maximum atomic E-state index is 12.3. The zero-order chi connectivity index (χ0) is 15.7. The zero-order valence-corrected chi connectivity index (χ0v) is 14.1. The molecule has 0 radical (unpaired) electrons. The van der Waals surface area contributed by atoms with Crippen LogP contribution in [-0.2, 0) is 9.59 Å². The molecule has 1 amide bonds. The van der Waals surface area contributed by atoms with Gasteiger partial charge < -0.3 is 5.11 Å². The van der Waals surface area contributed by atoms with Crippen LogP contribution in [0.4, 0.5) is 0 Å². The lowest BCUT2D eigenvalue weighted by Crippen LogP contribution is -2.29. The summed E-state index contributed by atoms with van der Waals surface area (Å²) in [7, 11) is 0. The van der Waals surface area contributed by atoms with Gasteiger partial charge in [-0.3, -0.25) is 14.5 Å². The summed E-state index contributed by atoms with van der Waals surface area (Å²) in [5, 5.41) is 11.8. The highest BCUT2D eigenvalue weighted by atomic mass is 32.2. The zero-order valence-electron chi connectivity index (χ0n) is 11.7. The summed E-state index contributed by atoms with van der Waals surface area (Å²) in [6, 6.07) is 0. The number of carboxylic acid groups (broad SMARTS) is 1. The quantitative estimate of drug-likeness (QED) is 0.625. The van der Waals surface area contributed by atoms with Crippen LogP contribution in [0.15, 0.2) is 10.3 Å². The molecule has 1 saturated carbocycles. The van der Waals surface area contributed by atoms with Crippen molar-refractivity contribution in [1.82, 2.24) is 9.88 Å². The lowest BCUT2D eigenvalue weighted by Gasteiger charge is -2.13. The Morgan fingerprint density at radius 1 is 1.55 bits per heavy atom. The molecular weight excluding hydrogens is 340 g/mol. The summed E-state index contributed by atoms with van der Waals surface area (Å²) in [5.41, 5.74) is 0.804. The third kappa shape index (κ3) is 3.56. The van der Waals surface area contributed by atoms with E-state index in [2.05, 4.69) is 4.98 Å². The number of carbonyl (C=O) groups is 2.